The van der Waals surface area contributed by atoms with Crippen molar-refractivity contribution in [3.8, 4) is 5.69 Å². The lowest BCUT2D eigenvalue weighted by atomic mass is 9.87. The van der Waals surface area contributed by atoms with Gasteiger partial charge in [0.2, 0.25) is 0 Å². The average Bonchev–Trinajstić information content (AvgIpc) is 3.07. The number of nitrogens with one attached hydrogen (secondary N) is 1. The van der Waals surface area contributed by atoms with Gasteiger partial charge in [-0.3, -0.25) is 4.79 Å². The van der Waals surface area contributed by atoms with Crippen molar-refractivity contribution >= 4 is 28.1 Å². The third kappa shape index (κ3) is 3.18. The maximum atomic E-state index is 13.4. The number of anilines is 2. The van der Waals surface area contributed by atoms with Crippen LogP contribution >= 0.6 is 0 Å². The first-order chi connectivity index (χ1) is 14.1. The van der Waals surface area contributed by atoms with Crippen LogP contribution in [0.5, 0.6) is 0 Å². The molecule has 1 N–H and O–H groups in total. The monoisotopic (exact) mass is 385 g/mol. The van der Waals surface area contributed by atoms with Crippen molar-refractivity contribution in [2.75, 3.05) is 5.32 Å². The summed E-state index contributed by atoms with van der Waals surface area (Å²) >= 11 is 0. The van der Waals surface area contributed by atoms with Gasteiger partial charge in [0.25, 0.3) is 0 Å². The SMILES string of the molecule is C[C@H]1CC(=O)c2c(Nc3ccc4ccccc4c3)nn(-c3ccc(F)cc3)c2C1. The van der Waals surface area contributed by atoms with E-state index in [-0.39, 0.29) is 17.5 Å². The van der Waals surface area contributed by atoms with Gasteiger partial charge in [-0.05, 0) is 59.5 Å². The van der Waals surface area contributed by atoms with Crippen LogP contribution in [0.15, 0.2) is 66.7 Å². The molecule has 1 aliphatic rings. The third-order valence-electron chi connectivity index (χ3n) is 5.42. The maximum absolute atomic E-state index is 13.4. The van der Waals surface area contributed by atoms with Crippen molar-refractivity contribution in [1.82, 2.24) is 9.78 Å². The van der Waals surface area contributed by atoms with E-state index in [0.29, 0.717) is 17.8 Å². The molecule has 5 rings (SSSR count). The molecule has 4 nitrogen and oxygen atoms in total. The minimum atomic E-state index is -0.297. The first kappa shape index (κ1) is 17.6. The highest BCUT2D eigenvalue weighted by molar-refractivity contribution is 6.03. The number of nitrogens with zero attached hydrogens (tertiary/aromatic N) is 2. The van der Waals surface area contributed by atoms with Gasteiger partial charge in [-0.25, -0.2) is 9.07 Å². The Bertz CT molecular complexity index is 1230. The molecular weight excluding hydrogens is 365 g/mol. The molecule has 0 amide bonds. The Morgan fingerprint density at radius 2 is 1.76 bits per heavy atom. The quantitative estimate of drug-likeness (QED) is 0.494. The number of rotatable bonds is 3. The fraction of sp³-hybridized carbons (Fsp3) is 0.167. The Kier molecular flexibility index (Phi) is 4.16. The molecule has 4 aromatic rings. The summed E-state index contributed by atoms with van der Waals surface area (Å²) in [5.41, 5.74) is 3.14. The number of aromatic nitrogens is 2. The predicted octanol–water partition coefficient (Wildman–Crippen LogP) is 5.67. The normalized spacial score (nSPS) is 16.1. The zero-order valence-corrected chi connectivity index (χ0v) is 16.0. The van der Waals surface area contributed by atoms with Gasteiger partial charge in [-0.15, -0.1) is 5.10 Å². The number of carbonyl (C=O) groups excluding carboxylic acids is 1. The number of halogens is 1. The lowest BCUT2D eigenvalue weighted by Gasteiger charge is -2.19. The van der Waals surface area contributed by atoms with Gasteiger partial charge in [0, 0.05) is 12.1 Å². The summed E-state index contributed by atoms with van der Waals surface area (Å²) in [4.78, 5) is 12.9. The second-order valence-corrected chi connectivity index (χ2v) is 7.68. The second kappa shape index (κ2) is 6.85. The van der Waals surface area contributed by atoms with Crippen LogP contribution in [0, 0.1) is 11.7 Å². The molecular formula is C24H20FN3O. The molecule has 144 valence electrons. The van der Waals surface area contributed by atoms with Gasteiger partial charge in [-0.2, -0.15) is 0 Å². The van der Waals surface area contributed by atoms with E-state index in [9.17, 15) is 9.18 Å². The van der Waals surface area contributed by atoms with E-state index in [1.54, 1.807) is 16.8 Å². The number of ketones is 1. The van der Waals surface area contributed by atoms with Crippen molar-refractivity contribution in [1.29, 1.82) is 0 Å². The topological polar surface area (TPSA) is 46.9 Å². The molecule has 0 aliphatic heterocycles. The number of hydrogen-bond donors (Lipinski definition) is 1. The van der Waals surface area contributed by atoms with Crippen LogP contribution in [0.25, 0.3) is 16.5 Å². The highest BCUT2D eigenvalue weighted by atomic mass is 19.1. The Balaban J connectivity index is 1.61. The van der Waals surface area contributed by atoms with E-state index in [1.165, 1.54) is 12.1 Å². The van der Waals surface area contributed by atoms with Crippen LogP contribution in [-0.4, -0.2) is 15.6 Å². The largest absolute Gasteiger partial charge is 0.338 e. The Morgan fingerprint density at radius 1 is 1.00 bits per heavy atom. The lowest BCUT2D eigenvalue weighted by molar-refractivity contribution is 0.0953. The van der Waals surface area contributed by atoms with E-state index >= 15 is 0 Å². The summed E-state index contributed by atoms with van der Waals surface area (Å²) in [5.74, 6) is 0.597. The fourth-order valence-corrected chi connectivity index (χ4v) is 4.04. The maximum Gasteiger partial charge on any atom is 0.168 e. The van der Waals surface area contributed by atoms with E-state index in [1.807, 2.05) is 24.3 Å². The minimum absolute atomic E-state index is 0.0930. The van der Waals surface area contributed by atoms with Gasteiger partial charge >= 0.3 is 0 Å². The summed E-state index contributed by atoms with van der Waals surface area (Å²) in [6, 6.07) is 20.4. The van der Waals surface area contributed by atoms with E-state index in [0.717, 1.165) is 34.3 Å². The zero-order valence-electron chi connectivity index (χ0n) is 16.0. The van der Waals surface area contributed by atoms with Crippen molar-refractivity contribution < 1.29 is 9.18 Å². The number of Topliss-reactive ketones (excluding diaryl/α,β-unsaturated/α-hetero) is 1. The van der Waals surface area contributed by atoms with Crippen LogP contribution in [0.1, 0.15) is 29.4 Å². The first-order valence-electron chi connectivity index (χ1n) is 9.75. The Labute approximate surface area is 168 Å². The highest BCUT2D eigenvalue weighted by Crippen LogP contribution is 2.34. The van der Waals surface area contributed by atoms with Gasteiger partial charge in [0.05, 0.1) is 16.9 Å². The predicted molar refractivity (Wildman–Crippen MR) is 113 cm³/mol. The lowest BCUT2D eigenvalue weighted by Crippen LogP contribution is -2.19. The molecule has 1 aromatic heterocycles. The second-order valence-electron chi connectivity index (χ2n) is 7.68. The van der Waals surface area contributed by atoms with Gasteiger partial charge in [-0.1, -0.05) is 37.3 Å². The molecule has 29 heavy (non-hydrogen) atoms. The summed E-state index contributed by atoms with van der Waals surface area (Å²) in [6.45, 7) is 2.07. The number of benzene rings is 3. The van der Waals surface area contributed by atoms with Crippen molar-refractivity contribution in [3.63, 3.8) is 0 Å². The summed E-state index contributed by atoms with van der Waals surface area (Å²) in [6.07, 6.45) is 1.26. The summed E-state index contributed by atoms with van der Waals surface area (Å²) < 4.78 is 15.2. The molecule has 3 aromatic carbocycles. The standard InChI is InChI=1S/C24H20FN3O/c1-15-12-21-23(22(29)13-15)24(27-28(21)20-10-7-18(25)8-11-20)26-19-9-6-16-4-2-3-5-17(16)14-19/h2-11,14-15H,12-13H2,1H3,(H,26,27)/t15-/m1/s1. The van der Waals surface area contributed by atoms with E-state index in [2.05, 4.69) is 30.4 Å². The Morgan fingerprint density at radius 3 is 2.55 bits per heavy atom. The van der Waals surface area contributed by atoms with Crippen LogP contribution in [-0.2, 0) is 6.42 Å². The molecule has 0 bridgehead atoms. The minimum Gasteiger partial charge on any atom is -0.338 e. The van der Waals surface area contributed by atoms with Gasteiger partial charge in [0.1, 0.15) is 5.82 Å². The van der Waals surface area contributed by atoms with Crippen molar-refractivity contribution in [2.24, 2.45) is 5.92 Å². The van der Waals surface area contributed by atoms with E-state index < -0.39 is 0 Å². The zero-order chi connectivity index (χ0) is 20.0. The van der Waals surface area contributed by atoms with Crippen molar-refractivity contribution in [2.45, 2.75) is 19.8 Å². The average molecular weight is 385 g/mol. The molecule has 0 saturated carbocycles. The smallest absolute Gasteiger partial charge is 0.168 e. The molecule has 1 atom stereocenters. The molecule has 5 heteroatoms. The number of fused-ring (bicyclic) bond motifs is 2. The molecule has 1 heterocycles. The first-order valence-corrected chi connectivity index (χ1v) is 9.75. The van der Waals surface area contributed by atoms with Crippen LogP contribution < -0.4 is 5.32 Å². The van der Waals surface area contributed by atoms with E-state index in [4.69, 9.17) is 5.10 Å². The van der Waals surface area contributed by atoms with Crippen LogP contribution in [0.4, 0.5) is 15.9 Å². The number of carbonyl (C=O) groups is 1. The van der Waals surface area contributed by atoms with Gasteiger partial charge in [0.15, 0.2) is 11.6 Å². The van der Waals surface area contributed by atoms with Crippen LogP contribution in [0.2, 0.25) is 0 Å². The number of hydrogen-bond acceptors (Lipinski definition) is 3. The van der Waals surface area contributed by atoms with Crippen LogP contribution in [0.3, 0.4) is 0 Å². The molecule has 0 unspecified atom stereocenters. The summed E-state index contributed by atoms with van der Waals surface area (Å²) in [7, 11) is 0. The van der Waals surface area contributed by atoms with Crippen molar-refractivity contribution in [3.05, 3.63) is 83.8 Å². The highest BCUT2D eigenvalue weighted by Gasteiger charge is 2.31. The molecule has 0 fully saturated rings. The molecule has 0 saturated heterocycles. The molecule has 0 spiro atoms. The third-order valence-corrected chi connectivity index (χ3v) is 5.42. The molecule has 0 radical (unpaired) electrons. The fourth-order valence-electron chi connectivity index (χ4n) is 4.04. The van der Waals surface area contributed by atoms with Gasteiger partial charge < -0.3 is 5.32 Å². The summed E-state index contributed by atoms with van der Waals surface area (Å²) in [5, 5.41) is 10.3. The Hall–Kier alpha value is -3.47. The molecule has 1 aliphatic carbocycles.